The molecular weight excluding hydrogens is 420 g/mol. The molecule has 2 aliphatic heterocycles. The number of nitrogens with one attached hydrogen (secondary N) is 1. The summed E-state index contributed by atoms with van der Waals surface area (Å²) in [6.45, 7) is 0. The molecular formula is C23H23ClN2O3S. The average Bonchev–Trinajstić information content (AvgIpc) is 2.78. The second-order valence-electron chi connectivity index (χ2n) is 7.36. The fraction of sp³-hybridized carbons (Fsp3) is 0.304. The van der Waals surface area contributed by atoms with Crippen molar-refractivity contribution in [1.82, 2.24) is 10.2 Å². The van der Waals surface area contributed by atoms with Gasteiger partial charge in [0.2, 0.25) is 5.91 Å². The number of methoxy groups -OCH3 is 1. The van der Waals surface area contributed by atoms with Crippen LogP contribution in [0.25, 0.3) is 0 Å². The number of halogens is 1. The monoisotopic (exact) mass is 442 g/mol. The summed E-state index contributed by atoms with van der Waals surface area (Å²) in [4.78, 5) is 26.7. The van der Waals surface area contributed by atoms with Crippen LogP contribution in [0.15, 0.2) is 66.4 Å². The molecule has 0 aliphatic carbocycles. The number of carbonyl (C=O) groups is 2. The first-order valence-electron chi connectivity index (χ1n) is 9.79. The lowest BCUT2D eigenvalue weighted by Gasteiger charge is -2.49. The van der Waals surface area contributed by atoms with E-state index < -0.39 is 6.04 Å². The Bertz CT molecular complexity index is 949. The molecule has 2 unspecified atom stereocenters. The highest BCUT2D eigenvalue weighted by Crippen LogP contribution is 2.42. The summed E-state index contributed by atoms with van der Waals surface area (Å²) < 4.78 is 5.23. The zero-order valence-electron chi connectivity index (χ0n) is 16.6. The SMILES string of the molecule is COc1ccc(CC2S[C@@H]3C(NC(=O)Cc4ccccc4)C(=O)N3C=C2CCl)cc1. The quantitative estimate of drug-likeness (QED) is 0.527. The van der Waals surface area contributed by atoms with E-state index in [0.29, 0.717) is 5.88 Å². The first-order valence-corrected chi connectivity index (χ1v) is 11.3. The predicted octanol–water partition coefficient (Wildman–Crippen LogP) is 3.37. The second kappa shape index (κ2) is 9.14. The summed E-state index contributed by atoms with van der Waals surface area (Å²) in [5.41, 5.74) is 3.13. The lowest BCUT2D eigenvalue weighted by Crippen LogP contribution is -2.69. The van der Waals surface area contributed by atoms with Crippen molar-refractivity contribution in [2.45, 2.75) is 29.5 Å². The molecule has 0 radical (unpaired) electrons. The number of alkyl halides is 1. The van der Waals surface area contributed by atoms with Crippen LogP contribution in [0, 0.1) is 0 Å². The molecule has 2 aliphatic rings. The Hall–Kier alpha value is -2.44. The Morgan fingerprint density at radius 2 is 1.87 bits per heavy atom. The minimum absolute atomic E-state index is 0.0839. The van der Waals surface area contributed by atoms with E-state index >= 15 is 0 Å². The molecule has 2 aromatic carbocycles. The van der Waals surface area contributed by atoms with Crippen molar-refractivity contribution in [2.75, 3.05) is 13.0 Å². The molecule has 5 nitrogen and oxygen atoms in total. The Kier molecular flexibility index (Phi) is 6.35. The van der Waals surface area contributed by atoms with Crippen molar-refractivity contribution in [3.63, 3.8) is 0 Å². The van der Waals surface area contributed by atoms with Gasteiger partial charge in [0.15, 0.2) is 0 Å². The maximum absolute atomic E-state index is 12.6. The van der Waals surface area contributed by atoms with E-state index in [-0.39, 0.29) is 28.9 Å². The number of benzene rings is 2. The molecule has 0 aromatic heterocycles. The molecule has 7 heteroatoms. The highest BCUT2D eigenvalue weighted by Gasteiger charge is 2.51. The third-order valence-corrected chi connectivity index (χ3v) is 7.25. The minimum atomic E-state index is -0.502. The van der Waals surface area contributed by atoms with Gasteiger partial charge in [0.05, 0.1) is 13.5 Å². The fourth-order valence-corrected chi connectivity index (χ4v) is 5.63. The van der Waals surface area contributed by atoms with E-state index in [4.69, 9.17) is 16.3 Å². The Labute approximate surface area is 185 Å². The van der Waals surface area contributed by atoms with Crippen LogP contribution >= 0.6 is 23.4 Å². The van der Waals surface area contributed by atoms with E-state index in [0.717, 1.165) is 23.3 Å². The zero-order valence-corrected chi connectivity index (χ0v) is 18.2. The smallest absolute Gasteiger partial charge is 0.253 e. The summed E-state index contributed by atoms with van der Waals surface area (Å²) in [6.07, 6.45) is 2.93. The van der Waals surface area contributed by atoms with E-state index in [1.54, 1.807) is 23.8 Å². The minimum Gasteiger partial charge on any atom is -0.497 e. The van der Waals surface area contributed by atoms with Gasteiger partial charge >= 0.3 is 0 Å². The summed E-state index contributed by atoms with van der Waals surface area (Å²) in [5, 5.41) is 2.96. The molecule has 1 fully saturated rings. The van der Waals surface area contributed by atoms with Crippen LogP contribution in [0.5, 0.6) is 5.75 Å². The van der Waals surface area contributed by atoms with Crippen LogP contribution < -0.4 is 10.1 Å². The Balaban J connectivity index is 1.42. The molecule has 156 valence electrons. The summed E-state index contributed by atoms with van der Waals surface area (Å²) in [6, 6.07) is 17.0. The fourth-order valence-electron chi connectivity index (χ4n) is 3.70. The van der Waals surface area contributed by atoms with Gasteiger partial charge in [-0.25, -0.2) is 0 Å². The highest BCUT2D eigenvalue weighted by atomic mass is 35.5. The molecule has 4 rings (SSSR count). The molecule has 2 aromatic rings. The Morgan fingerprint density at radius 3 is 2.53 bits per heavy atom. The van der Waals surface area contributed by atoms with Crippen molar-refractivity contribution in [3.05, 3.63) is 77.5 Å². The first kappa shape index (κ1) is 20.8. The van der Waals surface area contributed by atoms with Crippen LogP contribution in [0.3, 0.4) is 0 Å². The average molecular weight is 443 g/mol. The molecule has 0 bridgehead atoms. The van der Waals surface area contributed by atoms with E-state index in [9.17, 15) is 9.59 Å². The highest BCUT2D eigenvalue weighted by molar-refractivity contribution is 8.00. The van der Waals surface area contributed by atoms with Crippen LogP contribution in [0.4, 0.5) is 0 Å². The number of hydrogen-bond acceptors (Lipinski definition) is 4. The van der Waals surface area contributed by atoms with Gasteiger partial charge in [-0.05, 0) is 35.3 Å². The van der Waals surface area contributed by atoms with Crippen LogP contribution in [-0.4, -0.2) is 46.4 Å². The molecule has 2 heterocycles. The number of hydrogen-bond donors (Lipinski definition) is 1. The maximum Gasteiger partial charge on any atom is 0.253 e. The largest absolute Gasteiger partial charge is 0.497 e. The van der Waals surface area contributed by atoms with Gasteiger partial charge < -0.3 is 15.0 Å². The number of rotatable bonds is 7. The third kappa shape index (κ3) is 4.35. The maximum atomic E-state index is 12.6. The van der Waals surface area contributed by atoms with Crippen molar-refractivity contribution in [1.29, 1.82) is 0 Å². The summed E-state index contributed by atoms with van der Waals surface area (Å²) in [7, 11) is 1.65. The molecule has 2 amide bonds. The molecule has 1 saturated heterocycles. The van der Waals surface area contributed by atoms with Crippen LogP contribution in [0.1, 0.15) is 11.1 Å². The van der Waals surface area contributed by atoms with E-state index in [2.05, 4.69) is 5.32 Å². The summed E-state index contributed by atoms with van der Waals surface area (Å²) in [5.74, 6) is 0.966. The van der Waals surface area contributed by atoms with Gasteiger partial charge in [-0.3, -0.25) is 9.59 Å². The van der Waals surface area contributed by atoms with Gasteiger partial charge in [-0.2, -0.15) is 0 Å². The second-order valence-corrected chi connectivity index (χ2v) is 8.95. The number of fused-ring (bicyclic) bond motifs is 1. The number of nitrogens with zero attached hydrogens (tertiary/aromatic N) is 1. The van der Waals surface area contributed by atoms with Gasteiger partial charge in [0.25, 0.3) is 5.91 Å². The number of β-lactam (4-membered cyclic amide) rings is 1. The topological polar surface area (TPSA) is 58.6 Å². The van der Waals surface area contributed by atoms with Gasteiger partial charge in [-0.1, -0.05) is 42.5 Å². The normalized spacial score (nSPS) is 22.6. The van der Waals surface area contributed by atoms with E-state index in [1.807, 2.05) is 60.8 Å². The number of amides is 2. The van der Waals surface area contributed by atoms with Crippen molar-refractivity contribution in [2.24, 2.45) is 0 Å². The number of carbonyl (C=O) groups excluding carboxylic acids is 2. The van der Waals surface area contributed by atoms with Gasteiger partial charge in [-0.15, -0.1) is 23.4 Å². The van der Waals surface area contributed by atoms with E-state index in [1.165, 1.54) is 5.56 Å². The molecule has 30 heavy (non-hydrogen) atoms. The van der Waals surface area contributed by atoms with Gasteiger partial charge in [0, 0.05) is 17.3 Å². The standard InChI is InChI=1S/C23H23ClN2O3S/c1-29-18-9-7-16(8-10-18)11-19-17(13-24)14-26-22(28)21(23(26)30-19)25-20(27)12-15-5-3-2-4-6-15/h2-10,14,19,21,23H,11-13H2,1H3,(H,25,27)/t19?,21?,23-/m1/s1. The molecule has 0 spiro atoms. The van der Waals surface area contributed by atoms with Crippen molar-refractivity contribution < 1.29 is 14.3 Å². The third-order valence-electron chi connectivity index (χ3n) is 5.36. The van der Waals surface area contributed by atoms with Gasteiger partial charge in [0.1, 0.15) is 17.2 Å². The number of ether oxygens (including phenoxy) is 1. The summed E-state index contributed by atoms with van der Waals surface area (Å²) >= 11 is 7.86. The lowest BCUT2D eigenvalue weighted by atomic mass is 10.0. The lowest BCUT2D eigenvalue weighted by molar-refractivity contribution is -0.144. The predicted molar refractivity (Wildman–Crippen MR) is 120 cm³/mol. The number of thioether (sulfide) groups is 1. The molecule has 0 saturated carbocycles. The molecule has 3 atom stereocenters. The van der Waals surface area contributed by atoms with Crippen molar-refractivity contribution >= 4 is 35.2 Å². The van der Waals surface area contributed by atoms with Crippen LogP contribution in [-0.2, 0) is 22.4 Å². The van der Waals surface area contributed by atoms with Crippen molar-refractivity contribution in [3.8, 4) is 5.75 Å². The molecule has 1 N–H and O–H groups in total. The zero-order chi connectivity index (χ0) is 21.1. The Morgan fingerprint density at radius 1 is 1.13 bits per heavy atom. The van der Waals surface area contributed by atoms with Crippen LogP contribution in [0.2, 0.25) is 0 Å². The first-order chi connectivity index (χ1) is 14.6.